The summed E-state index contributed by atoms with van der Waals surface area (Å²) in [6.07, 6.45) is -0.913. The van der Waals surface area contributed by atoms with Crippen molar-refractivity contribution in [3.05, 3.63) is 63.3 Å². The van der Waals surface area contributed by atoms with Gasteiger partial charge in [-0.1, -0.05) is 29.8 Å². The van der Waals surface area contributed by atoms with Crippen molar-refractivity contribution in [1.82, 2.24) is 0 Å². The fourth-order valence-electron chi connectivity index (χ4n) is 1.68. The molecule has 2 aromatic rings. The van der Waals surface area contributed by atoms with E-state index in [9.17, 15) is 9.50 Å². The summed E-state index contributed by atoms with van der Waals surface area (Å²) in [5.41, 5.74) is 1.04. The quantitative estimate of drug-likeness (QED) is 0.862. The minimum absolute atomic E-state index is 0.207. The van der Waals surface area contributed by atoms with Gasteiger partial charge in [-0.15, -0.1) is 0 Å². The maximum Gasteiger partial charge on any atom is 0.129 e. The van der Waals surface area contributed by atoms with E-state index < -0.39 is 11.9 Å². The molecule has 0 spiro atoms. The van der Waals surface area contributed by atoms with Gasteiger partial charge < -0.3 is 10.4 Å². The highest BCUT2D eigenvalue weighted by Gasteiger charge is 2.11. The number of aliphatic hydroxyl groups excluding tert-OH is 1. The average molecular weight is 345 g/mol. The summed E-state index contributed by atoms with van der Waals surface area (Å²) in [6.45, 7) is 0.207. The monoisotopic (exact) mass is 343 g/mol. The molecule has 0 aliphatic rings. The lowest BCUT2D eigenvalue weighted by molar-refractivity contribution is 0.186. The Morgan fingerprint density at radius 1 is 1.26 bits per heavy atom. The molecule has 0 radical (unpaired) electrons. The van der Waals surface area contributed by atoms with Gasteiger partial charge in [-0.3, -0.25) is 0 Å². The number of halogens is 3. The summed E-state index contributed by atoms with van der Waals surface area (Å²) in [5, 5.41) is 13.5. The van der Waals surface area contributed by atoms with Crippen LogP contribution >= 0.6 is 27.5 Å². The van der Waals surface area contributed by atoms with Gasteiger partial charge in [0, 0.05) is 22.3 Å². The summed E-state index contributed by atoms with van der Waals surface area (Å²) in [4.78, 5) is 0. The summed E-state index contributed by atoms with van der Waals surface area (Å²) >= 11 is 9.26. The predicted molar refractivity (Wildman–Crippen MR) is 79.0 cm³/mol. The summed E-state index contributed by atoms with van der Waals surface area (Å²) in [7, 11) is 0. The van der Waals surface area contributed by atoms with Crippen LogP contribution in [0.1, 0.15) is 11.7 Å². The maximum absolute atomic E-state index is 13.5. The molecule has 5 heteroatoms. The fraction of sp³-hybridized carbons (Fsp3) is 0.143. The molecule has 1 atom stereocenters. The minimum Gasteiger partial charge on any atom is -0.386 e. The number of rotatable bonds is 4. The smallest absolute Gasteiger partial charge is 0.129 e. The molecule has 19 heavy (non-hydrogen) atoms. The summed E-state index contributed by atoms with van der Waals surface area (Å²) in [6, 6.07) is 11.5. The van der Waals surface area contributed by atoms with E-state index in [-0.39, 0.29) is 12.1 Å². The van der Waals surface area contributed by atoms with Gasteiger partial charge >= 0.3 is 0 Å². The first-order chi connectivity index (χ1) is 9.08. The Morgan fingerprint density at radius 2 is 2.00 bits per heavy atom. The molecule has 2 N–H and O–H groups in total. The van der Waals surface area contributed by atoms with Crippen LogP contribution in [0.25, 0.3) is 0 Å². The van der Waals surface area contributed by atoms with Gasteiger partial charge in [0.25, 0.3) is 0 Å². The van der Waals surface area contributed by atoms with Crippen molar-refractivity contribution in [1.29, 1.82) is 0 Å². The lowest BCUT2D eigenvalue weighted by atomic mass is 10.1. The summed E-state index contributed by atoms with van der Waals surface area (Å²) in [5.74, 6) is -0.411. The van der Waals surface area contributed by atoms with E-state index >= 15 is 0 Å². The first-order valence-electron chi connectivity index (χ1n) is 5.69. The lowest BCUT2D eigenvalue weighted by Gasteiger charge is -2.14. The molecular formula is C14H12BrClFNO. The van der Waals surface area contributed by atoms with Crippen LogP contribution in [-0.2, 0) is 0 Å². The van der Waals surface area contributed by atoms with Crippen molar-refractivity contribution in [2.24, 2.45) is 0 Å². The van der Waals surface area contributed by atoms with Crippen molar-refractivity contribution in [3.8, 4) is 0 Å². The topological polar surface area (TPSA) is 32.3 Å². The lowest BCUT2D eigenvalue weighted by Crippen LogP contribution is -2.13. The highest BCUT2D eigenvalue weighted by Crippen LogP contribution is 2.26. The van der Waals surface area contributed by atoms with Crippen molar-refractivity contribution < 1.29 is 9.50 Å². The number of nitrogens with one attached hydrogen (secondary N) is 1. The zero-order valence-electron chi connectivity index (χ0n) is 9.91. The Balaban J connectivity index is 2.02. The van der Waals surface area contributed by atoms with E-state index in [4.69, 9.17) is 11.6 Å². The number of anilines is 1. The zero-order chi connectivity index (χ0) is 13.8. The van der Waals surface area contributed by atoms with Crippen molar-refractivity contribution in [2.75, 3.05) is 11.9 Å². The van der Waals surface area contributed by atoms with Crippen LogP contribution < -0.4 is 5.32 Å². The molecule has 2 rings (SSSR count). The second kappa shape index (κ2) is 6.37. The maximum atomic E-state index is 13.5. The molecule has 0 fully saturated rings. The third kappa shape index (κ3) is 3.69. The molecular weight excluding hydrogens is 333 g/mol. The molecule has 0 bridgehead atoms. The number of hydrogen-bond acceptors (Lipinski definition) is 2. The predicted octanol–water partition coefficient (Wildman–Crippen LogP) is 4.39. The molecule has 2 nitrogen and oxygen atoms in total. The van der Waals surface area contributed by atoms with Crippen LogP contribution in [0.5, 0.6) is 0 Å². The highest BCUT2D eigenvalue weighted by molar-refractivity contribution is 9.10. The molecule has 2 aromatic carbocycles. The van der Waals surface area contributed by atoms with E-state index in [0.717, 1.165) is 10.2 Å². The number of aliphatic hydroxyl groups is 1. The Hall–Kier alpha value is -1.10. The van der Waals surface area contributed by atoms with Gasteiger partial charge in [-0.05, 0) is 40.2 Å². The standard InChI is InChI=1S/C14H12BrClFNO/c15-11-6-5-9(7-12(11)16)18-8-14(19)10-3-1-2-4-13(10)17/h1-7,14,18-19H,8H2. The second-order valence-corrected chi connectivity index (χ2v) is 5.31. The number of hydrogen-bond donors (Lipinski definition) is 2. The van der Waals surface area contributed by atoms with E-state index in [1.54, 1.807) is 30.3 Å². The third-order valence-corrected chi connectivity index (χ3v) is 3.92. The van der Waals surface area contributed by atoms with Crippen LogP contribution in [0.4, 0.5) is 10.1 Å². The minimum atomic E-state index is -0.913. The Bertz CT molecular complexity index is 579. The number of benzene rings is 2. The van der Waals surface area contributed by atoms with Crippen molar-refractivity contribution in [3.63, 3.8) is 0 Å². The van der Waals surface area contributed by atoms with Gasteiger partial charge in [0.05, 0.1) is 11.1 Å². The molecule has 0 amide bonds. The normalized spacial score (nSPS) is 12.2. The van der Waals surface area contributed by atoms with E-state index in [1.165, 1.54) is 6.07 Å². The van der Waals surface area contributed by atoms with Gasteiger partial charge in [-0.25, -0.2) is 4.39 Å². The zero-order valence-corrected chi connectivity index (χ0v) is 12.2. The molecule has 100 valence electrons. The molecule has 0 aliphatic heterocycles. The van der Waals surface area contributed by atoms with Gasteiger partial charge in [0.2, 0.25) is 0 Å². The van der Waals surface area contributed by atoms with Gasteiger partial charge in [-0.2, -0.15) is 0 Å². The van der Waals surface area contributed by atoms with Crippen LogP contribution in [0.15, 0.2) is 46.9 Å². The first-order valence-corrected chi connectivity index (χ1v) is 6.86. The molecule has 0 heterocycles. The third-order valence-electron chi connectivity index (χ3n) is 2.68. The largest absolute Gasteiger partial charge is 0.386 e. The highest BCUT2D eigenvalue weighted by atomic mass is 79.9. The average Bonchev–Trinajstić information content (AvgIpc) is 2.40. The fourth-order valence-corrected chi connectivity index (χ4v) is 2.10. The van der Waals surface area contributed by atoms with Crippen LogP contribution in [0.2, 0.25) is 5.02 Å². The van der Waals surface area contributed by atoms with Crippen LogP contribution in [0, 0.1) is 5.82 Å². The van der Waals surface area contributed by atoms with Crippen LogP contribution in [-0.4, -0.2) is 11.7 Å². The van der Waals surface area contributed by atoms with E-state index in [2.05, 4.69) is 21.2 Å². The Morgan fingerprint density at radius 3 is 2.68 bits per heavy atom. The van der Waals surface area contributed by atoms with Crippen molar-refractivity contribution >= 4 is 33.2 Å². The molecule has 0 saturated heterocycles. The molecule has 0 aliphatic carbocycles. The molecule has 0 saturated carbocycles. The second-order valence-electron chi connectivity index (χ2n) is 4.05. The Kier molecular flexibility index (Phi) is 4.80. The van der Waals surface area contributed by atoms with E-state index in [0.29, 0.717) is 5.02 Å². The SMILES string of the molecule is OC(CNc1ccc(Br)c(Cl)c1)c1ccccc1F. The summed E-state index contributed by atoms with van der Waals surface area (Å²) < 4.78 is 14.3. The van der Waals surface area contributed by atoms with Crippen molar-refractivity contribution in [2.45, 2.75) is 6.10 Å². The van der Waals surface area contributed by atoms with Gasteiger partial charge in [0.15, 0.2) is 0 Å². The Labute approximate surface area is 124 Å². The van der Waals surface area contributed by atoms with Crippen LogP contribution in [0.3, 0.4) is 0 Å². The first kappa shape index (κ1) is 14.3. The molecule has 1 unspecified atom stereocenters. The van der Waals surface area contributed by atoms with E-state index in [1.807, 2.05) is 6.07 Å². The van der Waals surface area contributed by atoms with Gasteiger partial charge in [0.1, 0.15) is 5.82 Å². The molecule has 0 aromatic heterocycles.